The van der Waals surface area contributed by atoms with E-state index < -0.39 is 15.6 Å². The van der Waals surface area contributed by atoms with Crippen molar-refractivity contribution in [1.82, 2.24) is 15.0 Å². The summed E-state index contributed by atoms with van der Waals surface area (Å²) >= 11 is 1.67. The standard InChI is InChI=1S/C23H25N3O3S2/c1-16(26-31(28,29)21-5-3-19-14-24-9-7-17(19)12-21)13-25-15-23(2,27)20-4-6-22-18(11-20)8-10-30-22/h3-12,14,16,25-27H,13,15H2,1-2H3/t16-,23?/m1/s1. The summed E-state index contributed by atoms with van der Waals surface area (Å²) in [6.45, 7) is 4.24. The number of aliphatic hydroxyl groups is 1. The van der Waals surface area contributed by atoms with Crippen molar-refractivity contribution in [2.24, 2.45) is 0 Å². The van der Waals surface area contributed by atoms with Crippen LogP contribution >= 0.6 is 11.3 Å². The number of pyridine rings is 1. The van der Waals surface area contributed by atoms with Gasteiger partial charge in [-0.2, -0.15) is 0 Å². The highest BCUT2D eigenvalue weighted by Crippen LogP contribution is 2.27. The summed E-state index contributed by atoms with van der Waals surface area (Å²) in [6.07, 6.45) is 3.34. The van der Waals surface area contributed by atoms with Crippen LogP contribution in [-0.2, 0) is 15.6 Å². The molecule has 0 saturated carbocycles. The van der Waals surface area contributed by atoms with Gasteiger partial charge in [0.15, 0.2) is 0 Å². The molecule has 2 aromatic heterocycles. The molecule has 0 fully saturated rings. The van der Waals surface area contributed by atoms with Gasteiger partial charge in [-0.15, -0.1) is 11.3 Å². The van der Waals surface area contributed by atoms with Crippen LogP contribution in [0.25, 0.3) is 20.9 Å². The number of sulfonamides is 1. The number of thiophene rings is 1. The van der Waals surface area contributed by atoms with Gasteiger partial charge in [-0.05, 0) is 72.0 Å². The lowest BCUT2D eigenvalue weighted by atomic mass is 9.95. The van der Waals surface area contributed by atoms with Crippen LogP contribution in [0.1, 0.15) is 19.4 Å². The van der Waals surface area contributed by atoms with Gasteiger partial charge in [-0.1, -0.05) is 12.1 Å². The molecule has 0 aliphatic carbocycles. The fourth-order valence-electron chi connectivity index (χ4n) is 3.54. The molecule has 0 aliphatic rings. The Kier molecular flexibility index (Phi) is 6.09. The van der Waals surface area contributed by atoms with E-state index in [1.807, 2.05) is 29.6 Å². The summed E-state index contributed by atoms with van der Waals surface area (Å²) in [4.78, 5) is 4.26. The van der Waals surface area contributed by atoms with Gasteiger partial charge in [0, 0.05) is 41.6 Å². The van der Waals surface area contributed by atoms with Crippen molar-refractivity contribution in [1.29, 1.82) is 0 Å². The Morgan fingerprint density at radius 1 is 1.10 bits per heavy atom. The first-order valence-corrected chi connectivity index (χ1v) is 12.4. The van der Waals surface area contributed by atoms with Gasteiger partial charge >= 0.3 is 0 Å². The zero-order valence-corrected chi connectivity index (χ0v) is 19.0. The topological polar surface area (TPSA) is 91.3 Å². The fourth-order valence-corrected chi connectivity index (χ4v) is 5.59. The second-order valence-electron chi connectivity index (χ2n) is 7.98. The monoisotopic (exact) mass is 455 g/mol. The van der Waals surface area contributed by atoms with Gasteiger partial charge in [0.1, 0.15) is 0 Å². The van der Waals surface area contributed by atoms with Gasteiger partial charge in [-0.25, -0.2) is 13.1 Å². The Bertz CT molecular complexity index is 1320. The number of nitrogens with one attached hydrogen (secondary N) is 2. The molecular weight excluding hydrogens is 430 g/mol. The molecule has 0 amide bonds. The van der Waals surface area contributed by atoms with Gasteiger partial charge in [-0.3, -0.25) is 4.98 Å². The number of hydrogen-bond acceptors (Lipinski definition) is 6. The highest BCUT2D eigenvalue weighted by atomic mass is 32.2. The van der Waals surface area contributed by atoms with E-state index in [1.165, 1.54) is 4.70 Å². The third kappa shape index (κ3) is 4.94. The Morgan fingerprint density at radius 2 is 1.94 bits per heavy atom. The summed E-state index contributed by atoms with van der Waals surface area (Å²) in [5.41, 5.74) is -0.244. The van der Waals surface area contributed by atoms with Crippen LogP contribution in [0.5, 0.6) is 0 Å². The first-order valence-electron chi connectivity index (χ1n) is 10.0. The molecule has 2 atom stereocenters. The largest absolute Gasteiger partial charge is 0.384 e. The lowest BCUT2D eigenvalue weighted by Gasteiger charge is -2.25. The minimum Gasteiger partial charge on any atom is -0.384 e. The maximum atomic E-state index is 12.8. The molecule has 8 heteroatoms. The Labute approximate surface area is 186 Å². The van der Waals surface area contributed by atoms with Crippen LogP contribution in [0.2, 0.25) is 0 Å². The molecule has 6 nitrogen and oxygen atoms in total. The van der Waals surface area contributed by atoms with E-state index in [1.54, 1.807) is 61.8 Å². The second-order valence-corrected chi connectivity index (χ2v) is 10.6. The molecule has 4 aromatic rings. The van der Waals surface area contributed by atoms with Crippen LogP contribution in [0.3, 0.4) is 0 Å². The highest BCUT2D eigenvalue weighted by Gasteiger charge is 2.24. The number of hydrogen-bond donors (Lipinski definition) is 3. The quantitative estimate of drug-likeness (QED) is 0.378. The molecule has 31 heavy (non-hydrogen) atoms. The predicted molar refractivity (Wildman–Crippen MR) is 126 cm³/mol. The molecule has 2 heterocycles. The van der Waals surface area contributed by atoms with E-state index in [9.17, 15) is 13.5 Å². The van der Waals surface area contributed by atoms with Gasteiger partial charge < -0.3 is 10.4 Å². The fraction of sp³-hybridized carbons (Fsp3) is 0.261. The molecular formula is C23H25N3O3S2. The average molecular weight is 456 g/mol. The van der Waals surface area contributed by atoms with Crippen LogP contribution in [-0.4, -0.2) is 37.6 Å². The van der Waals surface area contributed by atoms with Crippen LogP contribution in [0.4, 0.5) is 0 Å². The molecule has 2 aromatic carbocycles. The summed E-state index contributed by atoms with van der Waals surface area (Å²) in [7, 11) is -3.66. The van der Waals surface area contributed by atoms with Crippen molar-refractivity contribution >= 4 is 42.2 Å². The van der Waals surface area contributed by atoms with E-state index in [4.69, 9.17) is 0 Å². The van der Waals surface area contributed by atoms with Crippen molar-refractivity contribution in [3.05, 3.63) is 71.9 Å². The molecule has 0 spiro atoms. The second kappa shape index (κ2) is 8.64. The number of aromatic nitrogens is 1. The summed E-state index contributed by atoms with van der Waals surface area (Å²) in [5, 5.41) is 18.9. The van der Waals surface area contributed by atoms with Crippen molar-refractivity contribution in [2.45, 2.75) is 30.4 Å². The van der Waals surface area contributed by atoms with E-state index in [0.717, 1.165) is 21.7 Å². The molecule has 0 aliphatic heterocycles. The van der Waals surface area contributed by atoms with E-state index in [0.29, 0.717) is 13.1 Å². The highest BCUT2D eigenvalue weighted by molar-refractivity contribution is 7.89. The third-order valence-electron chi connectivity index (χ3n) is 5.27. The van der Waals surface area contributed by atoms with Crippen LogP contribution in [0, 0.1) is 0 Å². The first kappa shape index (κ1) is 21.9. The van der Waals surface area contributed by atoms with Crippen molar-refractivity contribution in [3.8, 4) is 0 Å². The maximum absolute atomic E-state index is 12.8. The first-order chi connectivity index (χ1) is 14.7. The Balaban J connectivity index is 1.36. The molecule has 1 unspecified atom stereocenters. The van der Waals surface area contributed by atoms with Crippen molar-refractivity contribution in [2.75, 3.05) is 13.1 Å². The molecule has 0 saturated heterocycles. The van der Waals surface area contributed by atoms with E-state index in [2.05, 4.69) is 15.0 Å². The van der Waals surface area contributed by atoms with Gasteiger partial charge in [0.05, 0.1) is 10.5 Å². The third-order valence-corrected chi connectivity index (χ3v) is 7.76. The Hall–Kier alpha value is -2.36. The van der Waals surface area contributed by atoms with Crippen LogP contribution in [0.15, 0.2) is 71.2 Å². The normalized spacial score (nSPS) is 15.2. The smallest absolute Gasteiger partial charge is 0.240 e. The summed E-state index contributed by atoms with van der Waals surface area (Å²) in [5.74, 6) is 0. The maximum Gasteiger partial charge on any atom is 0.240 e. The van der Waals surface area contributed by atoms with Crippen molar-refractivity contribution < 1.29 is 13.5 Å². The van der Waals surface area contributed by atoms with E-state index >= 15 is 0 Å². The minimum atomic E-state index is -3.66. The minimum absolute atomic E-state index is 0.217. The zero-order valence-electron chi connectivity index (χ0n) is 17.4. The molecule has 162 valence electrons. The average Bonchev–Trinajstić information content (AvgIpc) is 3.21. The summed E-state index contributed by atoms with van der Waals surface area (Å²) in [6, 6.07) is 14.4. The van der Waals surface area contributed by atoms with Gasteiger partial charge in [0.2, 0.25) is 10.0 Å². The predicted octanol–water partition coefficient (Wildman–Crippen LogP) is 3.61. The van der Waals surface area contributed by atoms with Crippen LogP contribution < -0.4 is 10.0 Å². The van der Waals surface area contributed by atoms with Gasteiger partial charge in [0.25, 0.3) is 0 Å². The molecule has 4 rings (SSSR count). The number of rotatable bonds is 8. The summed E-state index contributed by atoms with van der Waals surface area (Å²) < 4.78 is 29.4. The number of nitrogens with zero attached hydrogens (tertiary/aromatic N) is 1. The SMILES string of the molecule is C[C@H](CNCC(C)(O)c1ccc2sccc2c1)NS(=O)(=O)c1ccc2cnccc2c1. The lowest BCUT2D eigenvalue weighted by molar-refractivity contribution is 0.0570. The molecule has 0 bridgehead atoms. The Morgan fingerprint density at radius 3 is 2.77 bits per heavy atom. The molecule has 0 radical (unpaired) electrons. The molecule has 3 N–H and O–H groups in total. The lowest BCUT2D eigenvalue weighted by Crippen LogP contribution is -2.44. The number of fused-ring (bicyclic) bond motifs is 2. The number of benzene rings is 2. The van der Waals surface area contributed by atoms with Crippen molar-refractivity contribution in [3.63, 3.8) is 0 Å². The van der Waals surface area contributed by atoms with E-state index in [-0.39, 0.29) is 10.9 Å². The zero-order chi connectivity index (χ0) is 22.1.